The first-order chi connectivity index (χ1) is 12.3. The topological polar surface area (TPSA) is 41.4 Å². The van der Waals surface area contributed by atoms with Gasteiger partial charge >= 0.3 is 0 Å². The second-order valence-electron chi connectivity index (χ2n) is 6.10. The second-order valence-corrected chi connectivity index (χ2v) is 6.10. The molecule has 4 rings (SSSR count). The number of hydrogen-bond acceptors (Lipinski definition) is 3. The van der Waals surface area contributed by atoms with E-state index in [0.717, 1.165) is 18.8 Å². The highest BCUT2D eigenvalue weighted by Crippen LogP contribution is 2.17. The summed E-state index contributed by atoms with van der Waals surface area (Å²) in [5.74, 6) is 0.00159. The summed E-state index contributed by atoms with van der Waals surface area (Å²) >= 11 is 0. The Morgan fingerprint density at radius 2 is 1.56 bits per heavy atom. The van der Waals surface area contributed by atoms with Crippen LogP contribution in [0.2, 0.25) is 0 Å². The number of carbonyl (C=O) groups excluding carboxylic acids is 1. The van der Waals surface area contributed by atoms with Crippen LogP contribution in [0.4, 0.5) is 5.69 Å². The molecule has 5 heteroatoms. The van der Waals surface area contributed by atoms with Crippen LogP contribution in [0.3, 0.4) is 0 Å². The minimum atomic E-state index is 0.00159. The predicted molar refractivity (Wildman–Crippen MR) is 98.1 cm³/mol. The van der Waals surface area contributed by atoms with Crippen LogP contribution in [-0.2, 0) is 0 Å². The summed E-state index contributed by atoms with van der Waals surface area (Å²) < 4.78 is 1.98. The highest BCUT2D eigenvalue weighted by Gasteiger charge is 2.23. The number of nitrogens with zero attached hydrogens (tertiary/aromatic N) is 4. The van der Waals surface area contributed by atoms with Gasteiger partial charge in [-0.05, 0) is 36.4 Å². The monoisotopic (exact) mass is 332 g/mol. The van der Waals surface area contributed by atoms with Gasteiger partial charge in [-0.15, -0.1) is 0 Å². The predicted octanol–water partition coefficient (Wildman–Crippen LogP) is 2.83. The maximum absolute atomic E-state index is 12.8. The Morgan fingerprint density at radius 1 is 0.840 bits per heavy atom. The summed E-state index contributed by atoms with van der Waals surface area (Å²) in [7, 11) is 0. The maximum Gasteiger partial charge on any atom is 0.272 e. The van der Waals surface area contributed by atoms with Crippen molar-refractivity contribution in [2.45, 2.75) is 0 Å². The molecule has 1 amide bonds. The molecular weight excluding hydrogens is 312 g/mol. The summed E-state index contributed by atoms with van der Waals surface area (Å²) in [6.07, 6.45) is 5.62. The van der Waals surface area contributed by atoms with E-state index in [2.05, 4.69) is 22.0 Å². The molecule has 1 aliphatic heterocycles. The summed E-state index contributed by atoms with van der Waals surface area (Å²) in [6.45, 7) is 3.10. The molecule has 0 unspecified atom stereocenters. The van der Waals surface area contributed by atoms with Gasteiger partial charge in [-0.2, -0.15) is 0 Å². The van der Waals surface area contributed by atoms with E-state index in [1.54, 1.807) is 6.20 Å². The molecule has 3 heterocycles. The lowest BCUT2D eigenvalue weighted by Gasteiger charge is -2.36. The van der Waals surface area contributed by atoms with Crippen molar-refractivity contribution in [3.05, 3.63) is 78.9 Å². The molecule has 5 nitrogen and oxygen atoms in total. The van der Waals surface area contributed by atoms with Crippen LogP contribution in [-0.4, -0.2) is 46.5 Å². The van der Waals surface area contributed by atoms with Crippen LogP contribution >= 0.6 is 0 Å². The van der Waals surface area contributed by atoms with Crippen LogP contribution in [0.15, 0.2) is 73.2 Å². The average Bonchev–Trinajstić information content (AvgIpc) is 3.23. The third-order valence-electron chi connectivity index (χ3n) is 4.55. The summed E-state index contributed by atoms with van der Waals surface area (Å²) in [4.78, 5) is 21.3. The lowest BCUT2D eigenvalue weighted by Crippen LogP contribution is -2.49. The van der Waals surface area contributed by atoms with Gasteiger partial charge in [0.05, 0.1) is 0 Å². The zero-order valence-electron chi connectivity index (χ0n) is 14.0. The molecule has 0 N–H and O–H groups in total. The number of rotatable bonds is 3. The fourth-order valence-electron chi connectivity index (χ4n) is 3.17. The van der Waals surface area contributed by atoms with Gasteiger partial charge in [0.25, 0.3) is 5.91 Å². The molecular formula is C20H20N4O. The number of hydrogen-bond donors (Lipinski definition) is 0. The molecule has 0 spiro atoms. The lowest BCUT2D eigenvalue weighted by molar-refractivity contribution is 0.0741. The maximum atomic E-state index is 12.8. The first kappa shape index (κ1) is 15.4. The molecule has 3 aromatic rings. The molecule has 1 aromatic carbocycles. The van der Waals surface area contributed by atoms with Crippen LogP contribution in [0, 0.1) is 0 Å². The van der Waals surface area contributed by atoms with Crippen molar-refractivity contribution in [3.63, 3.8) is 0 Å². The fraction of sp³-hybridized carbons (Fsp3) is 0.200. The van der Waals surface area contributed by atoms with Gasteiger partial charge in [0.1, 0.15) is 5.69 Å². The number of benzene rings is 1. The van der Waals surface area contributed by atoms with Gasteiger partial charge in [0, 0.05) is 56.1 Å². The Balaban J connectivity index is 1.45. The Kier molecular flexibility index (Phi) is 4.21. The van der Waals surface area contributed by atoms with Gasteiger partial charge in [0.2, 0.25) is 0 Å². The molecule has 25 heavy (non-hydrogen) atoms. The minimum Gasteiger partial charge on any atom is -0.368 e. The normalized spacial score (nSPS) is 14.6. The van der Waals surface area contributed by atoms with Crippen molar-refractivity contribution >= 4 is 11.6 Å². The van der Waals surface area contributed by atoms with Crippen LogP contribution < -0.4 is 4.90 Å². The van der Waals surface area contributed by atoms with E-state index in [9.17, 15) is 4.79 Å². The number of amides is 1. The number of anilines is 1. The van der Waals surface area contributed by atoms with E-state index in [-0.39, 0.29) is 5.91 Å². The standard InChI is InChI=1S/C20H20N4O/c25-20(19-16-18(8-9-21-19)22-10-4-5-11-22)24-14-12-23(13-15-24)17-6-2-1-3-7-17/h1-11,16H,12-15H2. The van der Waals surface area contributed by atoms with Crippen molar-refractivity contribution < 1.29 is 4.79 Å². The van der Waals surface area contributed by atoms with Gasteiger partial charge in [0.15, 0.2) is 0 Å². The molecule has 1 aliphatic rings. The first-order valence-corrected chi connectivity index (χ1v) is 8.50. The Hall–Kier alpha value is -3.08. The minimum absolute atomic E-state index is 0.00159. The van der Waals surface area contributed by atoms with Crippen LogP contribution in [0.5, 0.6) is 0 Å². The highest BCUT2D eigenvalue weighted by molar-refractivity contribution is 5.93. The van der Waals surface area contributed by atoms with Crippen molar-refractivity contribution in [3.8, 4) is 5.69 Å². The molecule has 0 atom stereocenters. The van der Waals surface area contributed by atoms with Gasteiger partial charge in [-0.1, -0.05) is 18.2 Å². The lowest BCUT2D eigenvalue weighted by atomic mass is 10.2. The van der Waals surface area contributed by atoms with Crippen molar-refractivity contribution in [2.75, 3.05) is 31.1 Å². The Labute approximate surface area is 147 Å². The average molecular weight is 332 g/mol. The SMILES string of the molecule is O=C(c1cc(-n2cccc2)ccn1)N1CCN(c2ccccc2)CC1. The molecule has 126 valence electrons. The van der Waals surface area contributed by atoms with Gasteiger partial charge < -0.3 is 14.4 Å². The zero-order valence-corrected chi connectivity index (χ0v) is 14.0. The number of pyridine rings is 1. The summed E-state index contributed by atoms with van der Waals surface area (Å²) in [5.41, 5.74) is 2.66. The van der Waals surface area contributed by atoms with Crippen LogP contribution in [0.1, 0.15) is 10.5 Å². The van der Waals surface area contributed by atoms with E-state index in [0.29, 0.717) is 18.8 Å². The highest BCUT2D eigenvalue weighted by atomic mass is 16.2. The van der Waals surface area contributed by atoms with E-state index < -0.39 is 0 Å². The largest absolute Gasteiger partial charge is 0.368 e. The molecule has 1 saturated heterocycles. The summed E-state index contributed by atoms with van der Waals surface area (Å²) in [5, 5.41) is 0. The van der Waals surface area contributed by atoms with Crippen molar-refractivity contribution in [2.24, 2.45) is 0 Å². The molecule has 1 fully saturated rings. The third-order valence-corrected chi connectivity index (χ3v) is 4.55. The van der Waals surface area contributed by atoms with Crippen molar-refractivity contribution in [1.82, 2.24) is 14.5 Å². The molecule has 0 aliphatic carbocycles. The van der Waals surface area contributed by atoms with E-state index in [1.165, 1.54) is 5.69 Å². The van der Waals surface area contributed by atoms with Crippen molar-refractivity contribution in [1.29, 1.82) is 0 Å². The fourth-order valence-corrected chi connectivity index (χ4v) is 3.17. The number of aromatic nitrogens is 2. The Morgan fingerprint density at radius 3 is 2.28 bits per heavy atom. The first-order valence-electron chi connectivity index (χ1n) is 8.50. The van der Waals surface area contributed by atoms with Gasteiger partial charge in [-0.25, -0.2) is 0 Å². The molecule has 0 bridgehead atoms. The van der Waals surface area contributed by atoms with E-state index in [1.807, 2.05) is 64.3 Å². The zero-order chi connectivity index (χ0) is 17.1. The number of para-hydroxylation sites is 1. The molecule has 0 radical (unpaired) electrons. The molecule has 2 aromatic heterocycles. The smallest absolute Gasteiger partial charge is 0.272 e. The second kappa shape index (κ2) is 6.81. The number of piperazine rings is 1. The van der Waals surface area contributed by atoms with E-state index >= 15 is 0 Å². The quantitative estimate of drug-likeness (QED) is 0.741. The van der Waals surface area contributed by atoms with E-state index in [4.69, 9.17) is 0 Å². The van der Waals surface area contributed by atoms with Crippen LogP contribution in [0.25, 0.3) is 5.69 Å². The number of carbonyl (C=O) groups is 1. The summed E-state index contributed by atoms with van der Waals surface area (Å²) in [6, 6.07) is 18.0. The third kappa shape index (κ3) is 3.26. The Bertz CT molecular complexity index is 837. The molecule has 0 saturated carbocycles. The van der Waals surface area contributed by atoms with Gasteiger partial charge in [-0.3, -0.25) is 9.78 Å².